The maximum Gasteiger partial charge on any atom is 0.0904 e. The highest BCUT2D eigenvalue weighted by Crippen LogP contribution is 2.47. The van der Waals surface area contributed by atoms with E-state index in [1.165, 1.54) is 0 Å². The molecule has 2 atom stereocenters. The Morgan fingerprint density at radius 3 is 2.00 bits per heavy atom. The van der Waals surface area contributed by atoms with Crippen LogP contribution in [0.5, 0.6) is 0 Å². The fourth-order valence-electron chi connectivity index (χ4n) is 2.93. The predicted molar refractivity (Wildman–Crippen MR) is 70.2 cm³/mol. The molecule has 0 aliphatic heterocycles. The molecule has 0 amide bonds. The van der Waals surface area contributed by atoms with Gasteiger partial charge in [0.1, 0.15) is 0 Å². The van der Waals surface area contributed by atoms with Crippen LogP contribution in [0.2, 0.25) is 0 Å². The minimum absolute atomic E-state index is 0.0117. The molecule has 1 heteroatoms. The van der Waals surface area contributed by atoms with Crippen molar-refractivity contribution >= 4 is 0 Å². The van der Waals surface area contributed by atoms with Crippen molar-refractivity contribution in [1.29, 1.82) is 0 Å². The van der Waals surface area contributed by atoms with E-state index in [-0.39, 0.29) is 16.7 Å². The molecule has 0 saturated carbocycles. The highest BCUT2D eigenvalue weighted by atomic mass is 16.3. The summed E-state index contributed by atoms with van der Waals surface area (Å²) in [5, 5.41) is 10.8. The number of hydrogen-bond donors (Lipinski definition) is 1. The van der Waals surface area contributed by atoms with E-state index in [9.17, 15) is 5.11 Å². The first-order chi connectivity index (χ1) is 6.97. The summed E-state index contributed by atoms with van der Waals surface area (Å²) in [6, 6.07) is 0. The monoisotopic (exact) mass is 222 g/mol. The van der Waals surface area contributed by atoms with E-state index < -0.39 is 5.60 Å². The van der Waals surface area contributed by atoms with E-state index in [2.05, 4.69) is 59.8 Å². The quantitative estimate of drug-likeness (QED) is 0.658. The third kappa shape index (κ3) is 2.40. The van der Waals surface area contributed by atoms with Crippen LogP contribution in [0.25, 0.3) is 0 Å². The van der Waals surface area contributed by atoms with Gasteiger partial charge in [-0.15, -0.1) is 0 Å². The molecule has 1 aliphatic carbocycles. The van der Waals surface area contributed by atoms with Crippen molar-refractivity contribution in [2.75, 3.05) is 0 Å². The van der Waals surface area contributed by atoms with Crippen molar-refractivity contribution in [3.63, 3.8) is 0 Å². The molecular formula is C15H26O. The topological polar surface area (TPSA) is 20.2 Å². The summed E-state index contributed by atoms with van der Waals surface area (Å²) in [5.41, 5.74) is 0.468. The van der Waals surface area contributed by atoms with Gasteiger partial charge in [0.2, 0.25) is 0 Å². The van der Waals surface area contributed by atoms with Crippen molar-refractivity contribution in [2.24, 2.45) is 16.7 Å². The Morgan fingerprint density at radius 1 is 1.12 bits per heavy atom. The zero-order valence-electron chi connectivity index (χ0n) is 11.8. The van der Waals surface area contributed by atoms with Gasteiger partial charge in [-0.3, -0.25) is 0 Å². The molecule has 0 bridgehead atoms. The maximum absolute atomic E-state index is 10.8. The summed E-state index contributed by atoms with van der Waals surface area (Å²) < 4.78 is 0. The van der Waals surface area contributed by atoms with Crippen LogP contribution in [-0.4, -0.2) is 10.7 Å². The summed E-state index contributed by atoms with van der Waals surface area (Å²) in [5.74, 6) is 0.166. The van der Waals surface area contributed by atoms with Crippen LogP contribution in [-0.2, 0) is 0 Å². The first kappa shape index (κ1) is 13.5. The molecule has 16 heavy (non-hydrogen) atoms. The fourth-order valence-corrected chi connectivity index (χ4v) is 2.93. The van der Waals surface area contributed by atoms with Gasteiger partial charge >= 0.3 is 0 Å². The molecule has 0 radical (unpaired) electrons. The van der Waals surface area contributed by atoms with E-state index >= 15 is 0 Å². The number of aliphatic hydroxyl groups is 1. The second kappa shape index (κ2) is 3.73. The van der Waals surface area contributed by atoms with Gasteiger partial charge in [0.15, 0.2) is 0 Å². The average molecular weight is 222 g/mol. The van der Waals surface area contributed by atoms with Crippen LogP contribution in [0.1, 0.15) is 48.5 Å². The first-order valence-electron chi connectivity index (χ1n) is 6.09. The Balaban J connectivity index is 3.19. The molecule has 1 aliphatic rings. The molecule has 1 nitrogen and oxygen atoms in total. The van der Waals surface area contributed by atoms with Gasteiger partial charge < -0.3 is 5.11 Å². The van der Waals surface area contributed by atoms with Gasteiger partial charge in [0.25, 0.3) is 0 Å². The lowest BCUT2D eigenvalue weighted by atomic mass is 9.62. The van der Waals surface area contributed by atoms with Gasteiger partial charge in [0, 0.05) is 5.92 Å². The third-order valence-electron chi connectivity index (χ3n) is 3.46. The standard InChI is InChI=1S/C15H26O/c1-13(2,3)11-9-8-10-12(14(4,5)6)15(11,7)16/h8-11,16H,1-7H3. The fraction of sp³-hybridized carbons (Fsp3) is 0.733. The summed E-state index contributed by atoms with van der Waals surface area (Å²) in [6.45, 7) is 15.0. The van der Waals surface area contributed by atoms with Gasteiger partial charge in [-0.05, 0) is 23.3 Å². The molecule has 0 aromatic rings. The van der Waals surface area contributed by atoms with E-state index in [0.717, 1.165) is 5.57 Å². The minimum Gasteiger partial charge on any atom is -0.385 e. The molecule has 2 unspecified atom stereocenters. The molecule has 1 rings (SSSR count). The van der Waals surface area contributed by atoms with Crippen LogP contribution in [0.3, 0.4) is 0 Å². The highest BCUT2D eigenvalue weighted by Gasteiger charge is 2.45. The zero-order valence-corrected chi connectivity index (χ0v) is 11.8. The van der Waals surface area contributed by atoms with Gasteiger partial charge in [-0.2, -0.15) is 0 Å². The minimum atomic E-state index is -0.745. The molecule has 0 spiro atoms. The molecule has 0 heterocycles. The van der Waals surface area contributed by atoms with Crippen molar-refractivity contribution in [3.8, 4) is 0 Å². The van der Waals surface area contributed by atoms with Gasteiger partial charge in [-0.1, -0.05) is 59.8 Å². The van der Waals surface area contributed by atoms with Gasteiger partial charge in [-0.25, -0.2) is 0 Å². The molecule has 0 aromatic heterocycles. The van der Waals surface area contributed by atoms with Crippen molar-refractivity contribution in [1.82, 2.24) is 0 Å². The van der Waals surface area contributed by atoms with Crippen LogP contribution >= 0.6 is 0 Å². The second-order valence-corrected chi connectivity index (χ2v) is 7.21. The average Bonchev–Trinajstić information content (AvgIpc) is 1.97. The summed E-state index contributed by atoms with van der Waals surface area (Å²) >= 11 is 0. The number of rotatable bonds is 0. The normalized spacial score (nSPS) is 31.5. The zero-order chi connectivity index (χ0) is 12.8. The van der Waals surface area contributed by atoms with Crippen LogP contribution < -0.4 is 0 Å². The van der Waals surface area contributed by atoms with E-state index in [4.69, 9.17) is 0 Å². The molecule has 0 fully saturated rings. The smallest absolute Gasteiger partial charge is 0.0904 e. The molecule has 92 valence electrons. The Morgan fingerprint density at radius 2 is 1.62 bits per heavy atom. The summed E-state index contributed by atoms with van der Waals surface area (Å²) in [6.07, 6.45) is 6.30. The Bertz CT molecular complexity index is 318. The predicted octanol–water partition coefficient (Wildman–Crippen LogP) is 3.94. The number of allylic oxidation sites excluding steroid dienone is 2. The van der Waals surface area contributed by atoms with Crippen LogP contribution in [0.4, 0.5) is 0 Å². The molecule has 1 N–H and O–H groups in total. The van der Waals surface area contributed by atoms with Crippen LogP contribution in [0.15, 0.2) is 23.8 Å². The van der Waals surface area contributed by atoms with E-state index in [1.807, 2.05) is 6.92 Å². The second-order valence-electron chi connectivity index (χ2n) is 7.21. The van der Waals surface area contributed by atoms with Crippen molar-refractivity contribution < 1.29 is 5.11 Å². The third-order valence-corrected chi connectivity index (χ3v) is 3.46. The number of hydrogen-bond acceptors (Lipinski definition) is 1. The lowest BCUT2D eigenvalue weighted by molar-refractivity contribution is -0.00743. The first-order valence-corrected chi connectivity index (χ1v) is 6.09. The summed E-state index contributed by atoms with van der Waals surface area (Å²) in [4.78, 5) is 0. The Kier molecular flexibility index (Phi) is 3.15. The SMILES string of the molecule is CC(C)(C)C1=CC=CC(C(C)(C)C)C1(C)O. The molecular weight excluding hydrogens is 196 g/mol. The van der Waals surface area contributed by atoms with E-state index in [1.54, 1.807) is 0 Å². The highest BCUT2D eigenvalue weighted by molar-refractivity contribution is 5.34. The van der Waals surface area contributed by atoms with Crippen LogP contribution in [0, 0.1) is 16.7 Å². The molecule has 0 saturated heterocycles. The van der Waals surface area contributed by atoms with E-state index in [0.29, 0.717) is 0 Å². The Labute approximate surface area is 100 Å². The Hall–Kier alpha value is -0.560. The lowest BCUT2D eigenvalue weighted by Gasteiger charge is -2.46. The largest absolute Gasteiger partial charge is 0.385 e. The van der Waals surface area contributed by atoms with Gasteiger partial charge in [0.05, 0.1) is 5.60 Å². The lowest BCUT2D eigenvalue weighted by Crippen LogP contribution is -2.47. The summed E-state index contributed by atoms with van der Waals surface area (Å²) in [7, 11) is 0. The van der Waals surface area contributed by atoms with Crippen molar-refractivity contribution in [2.45, 2.75) is 54.1 Å². The molecule has 0 aromatic carbocycles. The van der Waals surface area contributed by atoms with Crippen molar-refractivity contribution in [3.05, 3.63) is 23.8 Å². The maximum atomic E-state index is 10.8.